The number of hydrogen-bond donors (Lipinski definition) is 1. The highest BCUT2D eigenvalue weighted by Gasteiger charge is 2.33. The molecule has 0 aromatic carbocycles. The van der Waals surface area contributed by atoms with Gasteiger partial charge in [-0.3, -0.25) is 4.90 Å². The smallest absolute Gasteiger partial charge is 0.151 e. The van der Waals surface area contributed by atoms with Crippen molar-refractivity contribution in [3.63, 3.8) is 0 Å². The summed E-state index contributed by atoms with van der Waals surface area (Å²) in [7, 11) is -0.879. The number of nitrogens with two attached hydrogens (primary N) is 1. The minimum Gasteiger partial charge on any atom is -0.329 e. The van der Waals surface area contributed by atoms with Gasteiger partial charge in [0.2, 0.25) is 0 Å². The summed E-state index contributed by atoms with van der Waals surface area (Å²) in [6.07, 6.45) is 0.710. The Morgan fingerprint density at radius 1 is 1.61 bits per heavy atom. The molecule has 4 nitrogen and oxygen atoms in total. The largest absolute Gasteiger partial charge is 0.329 e. The van der Waals surface area contributed by atoms with E-state index in [1.165, 1.54) is 4.88 Å². The molecule has 0 spiro atoms. The lowest BCUT2D eigenvalue weighted by molar-refractivity contribution is 0.195. The molecule has 1 aromatic heterocycles. The van der Waals surface area contributed by atoms with Crippen LogP contribution in [0.25, 0.3) is 0 Å². The van der Waals surface area contributed by atoms with Crippen molar-refractivity contribution in [2.75, 3.05) is 25.1 Å². The topological polar surface area (TPSA) is 63.4 Å². The summed E-state index contributed by atoms with van der Waals surface area (Å²) in [5.41, 5.74) is 5.85. The van der Waals surface area contributed by atoms with Gasteiger partial charge in [0.05, 0.1) is 21.3 Å². The van der Waals surface area contributed by atoms with Crippen LogP contribution in [0, 0.1) is 0 Å². The van der Waals surface area contributed by atoms with Crippen LogP contribution < -0.4 is 5.73 Å². The molecule has 1 saturated heterocycles. The Labute approximate surface area is 120 Å². The number of rotatable bonds is 4. The molecule has 0 radical (unpaired) electrons. The summed E-state index contributed by atoms with van der Waals surface area (Å²) in [5.74, 6) is 0.556. The van der Waals surface area contributed by atoms with E-state index in [9.17, 15) is 8.42 Å². The third-order valence-electron chi connectivity index (χ3n) is 3.42. The van der Waals surface area contributed by atoms with Crippen LogP contribution in [0.3, 0.4) is 0 Å². The normalized spacial score (nSPS) is 24.6. The number of halogens is 1. The van der Waals surface area contributed by atoms with Crippen molar-refractivity contribution in [3.05, 3.63) is 20.8 Å². The molecule has 102 valence electrons. The van der Waals surface area contributed by atoms with Crippen LogP contribution in [-0.4, -0.2) is 44.5 Å². The third-order valence-corrected chi connectivity index (χ3v) is 6.90. The van der Waals surface area contributed by atoms with Crippen molar-refractivity contribution < 1.29 is 8.42 Å². The maximum atomic E-state index is 11.5. The van der Waals surface area contributed by atoms with Crippen LogP contribution in [0.4, 0.5) is 0 Å². The molecule has 2 rings (SSSR count). The number of thiophene rings is 1. The fraction of sp³-hybridized carbons (Fsp3) is 0.636. The van der Waals surface area contributed by atoms with E-state index < -0.39 is 9.84 Å². The molecule has 2 N–H and O–H groups in total. The Bertz CT molecular complexity index is 515. The average Bonchev–Trinajstić information content (AvgIpc) is 2.86. The lowest BCUT2D eigenvalue weighted by atomic mass is 10.1. The lowest BCUT2D eigenvalue weighted by Crippen LogP contribution is -2.39. The predicted octanol–water partition coefficient (Wildman–Crippen LogP) is 1.63. The summed E-state index contributed by atoms with van der Waals surface area (Å²) in [6.45, 7) is 0.500. The minimum atomic E-state index is -2.85. The van der Waals surface area contributed by atoms with Gasteiger partial charge < -0.3 is 5.73 Å². The predicted molar refractivity (Wildman–Crippen MR) is 78.6 cm³/mol. The van der Waals surface area contributed by atoms with Crippen LogP contribution >= 0.6 is 27.3 Å². The summed E-state index contributed by atoms with van der Waals surface area (Å²) >= 11 is 5.10. The van der Waals surface area contributed by atoms with Gasteiger partial charge >= 0.3 is 0 Å². The molecule has 2 unspecified atom stereocenters. The Balaban J connectivity index is 2.13. The van der Waals surface area contributed by atoms with E-state index in [2.05, 4.69) is 20.8 Å². The molecule has 0 saturated carbocycles. The second-order valence-electron chi connectivity index (χ2n) is 4.62. The molecule has 0 aliphatic carbocycles. The Morgan fingerprint density at radius 2 is 2.33 bits per heavy atom. The molecule has 2 heterocycles. The van der Waals surface area contributed by atoms with Gasteiger partial charge in [-0.25, -0.2) is 8.42 Å². The van der Waals surface area contributed by atoms with Crippen LogP contribution in [0.15, 0.2) is 15.9 Å². The average molecular weight is 353 g/mol. The van der Waals surface area contributed by atoms with E-state index in [1.54, 1.807) is 11.3 Å². The fourth-order valence-corrected chi connectivity index (χ4v) is 5.72. The van der Waals surface area contributed by atoms with Gasteiger partial charge in [-0.15, -0.1) is 11.3 Å². The van der Waals surface area contributed by atoms with Crippen molar-refractivity contribution in [1.29, 1.82) is 0 Å². The van der Waals surface area contributed by atoms with Crippen molar-refractivity contribution in [1.82, 2.24) is 4.90 Å². The van der Waals surface area contributed by atoms with Crippen molar-refractivity contribution in [3.8, 4) is 0 Å². The SMILES string of the molecule is CN(C1CCS(=O)(=O)C1)C(CN)c1ccc(Br)s1. The van der Waals surface area contributed by atoms with Crippen LogP contribution in [0.1, 0.15) is 17.3 Å². The van der Waals surface area contributed by atoms with E-state index in [4.69, 9.17) is 5.73 Å². The number of likely N-dealkylation sites (N-methyl/N-ethyl adjacent to an activating group) is 1. The molecule has 1 aliphatic heterocycles. The molecule has 18 heavy (non-hydrogen) atoms. The van der Waals surface area contributed by atoms with E-state index in [-0.39, 0.29) is 17.8 Å². The number of sulfone groups is 1. The Hall–Kier alpha value is 0.0500. The molecular weight excluding hydrogens is 336 g/mol. The molecular formula is C11H17BrN2O2S2. The van der Waals surface area contributed by atoms with E-state index in [0.717, 1.165) is 3.79 Å². The monoisotopic (exact) mass is 352 g/mol. The maximum Gasteiger partial charge on any atom is 0.151 e. The van der Waals surface area contributed by atoms with Crippen LogP contribution in [0.5, 0.6) is 0 Å². The van der Waals surface area contributed by atoms with Gasteiger partial charge in [-0.1, -0.05) is 0 Å². The first-order valence-corrected chi connectivity index (χ1v) is 9.23. The first-order chi connectivity index (χ1) is 8.43. The van der Waals surface area contributed by atoms with Crippen LogP contribution in [0.2, 0.25) is 0 Å². The van der Waals surface area contributed by atoms with E-state index in [0.29, 0.717) is 18.7 Å². The first-order valence-electron chi connectivity index (χ1n) is 5.80. The summed E-state index contributed by atoms with van der Waals surface area (Å²) < 4.78 is 24.1. The maximum absolute atomic E-state index is 11.5. The zero-order valence-corrected chi connectivity index (χ0v) is 13.4. The highest BCUT2D eigenvalue weighted by Crippen LogP contribution is 2.32. The second kappa shape index (κ2) is 5.58. The lowest BCUT2D eigenvalue weighted by Gasteiger charge is -2.30. The Kier molecular flexibility index (Phi) is 4.48. The fourth-order valence-electron chi connectivity index (χ4n) is 2.34. The molecule has 1 aromatic rings. The third kappa shape index (κ3) is 3.14. The van der Waals surface area contributed by atoms with Gasteiger partial charge in [-0.2, -0.15) is 0 Å². The molecule has 0 bridgehead atoms. The van der Waals surface area contributed by atoms with Crippen molar-refractivity contribution in [2.45, 2.75) is 18.5 Å². The molecule has 1 aliphatic rings. The van der Waals surface area contributed by atoms with Gasteiger partial charge in [-0.05, 0) is 41.5 Å². The van der Waals surface area contributed by atoms with Gasteiger partial charge in [0, 0.05) is 17.5 Å². The molecule has 1 fully saturated rings. The second-order valence-corrected chi connectivity index (χ2v) is 9.34. The first kappa shape index (κ1) is 14.5. The highest BCUT2D eigenvalue weighted by molar-refractivity contribution is 9.11. The highest BCUT2D eigenvalue weighted by atomic mass is 79.9. The quantitative estimate of drug-likeness (QED) is 0.894. The molecule has 7 heteroatoms. The van der Waals surface area contributed by atoms with Gasteiger partial charge in [0.25, 0.3) is 0 Å². The van der Waals surface area contributed by atoms with Gasteiger partial charge in [0.15, 0.2) is 9.84 Å². The summed E-state index contributed by atoms with van der Waals surface area (Å²) in [4.78, 5) is 3.29. The van der Waals surface area contributed by atoms with E-state index >= 15 is 0 Å². The van der Waals surface area contributed by atoms with E-state index in [1.807, 2.05) is 19.2 Å². The summed E-state index contributed by atoms with van der Waals surface area (Å²) in [6, 6.07) is 4.23. The Morgan fingerprint density at radius 3 is 2.78 bits per heavy atom. The molecule has 2 atom stereocenters. The number of nitrogens with zero attached hydrogens (tertiary/aromatic N) is 1. The molecule has 0 amide bonds. The summed E-state index contributed by atoms with van der Waals surface area (Å²) in [5, 5.41) is 0. The zero-order valence-electron chi connectivity index (χ0n) is 10.2. The van der Waals surface area contributed by atoms with Crippen molar-refractivity contribution >= 4 is 37.1 Å². The van der Waals surface area contributed by atoms with Crippen molar-refractivity contribution in [2.24, 2.45) is 5.73 Å². The minimum absolute atomic E-state index is 0.0874. The number of hydrogen-bond acceptors (Lipinski definition) is 5. The standard InChI is InChI=1S/C11H17BrN2O2S2/c1-14(8-4-5-18(15,16)7-8)9(6-13)10-2-3-11(12)17-10/h2-3,8-9H,4-7,13H2,1H3. The van der Waals surface area contributed by atoms with Gasteiger partial charge in [0.1, 0.15) is 0 Å². The zero-order chi connectivity index (χ0) is 13.3. The van der Waals surface area contributed by atoms with Crippen LogP contribution in [-0.2, 0) is 9.84 Å².